The van der Waals surface area contributed by atoms with E-state index < -0.39 is 5.97 Å². The highest BCUT2D eigenvalue weighted by molar-refractivity contribution is 5.84. The second-order valence-corrected chi connectivity index (χ2v) is 3.16. The van der Waals surface area contributed by atoms with Crippen molar-refractivity contribution >= 4 is 22.6 Å². The molecule has 0 aliphatic carbocycles. The number of benzene rings is 1. The van der Waals surface area contributed by atoms with E-state index in [1.807, 2.05) is 18.2 Å². The van der Waals surface area contributed by atoms with Crippen LogP contribution in [0.1, 0.15) is 0 Å². The lowest BCUT2D eigenvalue weighted by molar-refractivity contribution is -0.137. The Hall–Kier alpha value is -1.97. The first kappa shape index (κ1) is 8.62. The van der Waals surface area contributed by atoms with Crippen molar-refractivity contribution in [2.75, 3.05) is 5.73 Å². The Morgan fingerprint density at radius 2 is 2.21 bits per heavy atom. The highest BCUT2D eigenvalue weighted by atomic mass is 16.4. The van der Waals surface area contributed by atoms with Crippen LogP contribution in [0.4, 0.5) is 5.69 Å². The van der Waals surface area contributed by atoms with E-state index in [1.165, 1.54) is 0 Å². The molecule has 0 saturated carbocycles. The van der Waals surface area contributed by atoms with Gasteiger partial charge in [-0.15, -0.1) is 0 Å². The van der Waals surface area contributed by atoms with Gasteiger partial charge in [0.1, 0.15) is 6.54 Å². The van der Waals surface area contributed by atoms with Crippen LogP contribution in [0.2, 0.25) is 0 Å². The molecule has 0 atom stereocenters. The Kier molecular flexibility index (Phi) is 1.89. The van der Waals surface area contributed by atoms with Gasteiger partial charge in [-0.25, -0.2) is 0 Å². The first-order valence-corrected chi connectivity index (χ1v) is 4.23. The Bertz CT molecular complexity index is 488. The van der Waals surface area contributed by atoms with Crippen LogP contribution in [0.15, 0.2) is 30.5 Å². The molecule has 72 valence electrons. The molecule has 0 fully saturated rings. The van der Waals surface area contributed by atoms with Gasteiger partial charge in [-0.2, -0.15) is 0 Å². The van der Waals surface area contributed by atoms with Crippen molar-refractivity contribution in [3.63, 3.8) is 0 Å². The number of aromatic nitrogens is 1. The van der Waals surface area contributed by atoms with Crippen molar-refractivity contribution in [2.45, 2.75) is 6.54 Å². The van der Waals surface area contributed by atoms with Gasteiger partial charge in [0.25, 0.3) is 0 Å². The molecule has 14 heavy (non-hydrogen) atoms. The van der Waals surface area contributed by atoms with Crippen LogP contribution >= 0.6 is 0 Å². The van der Waals surface area contributed by atoms with Gasteiger partial charge in [0.15, 0.2) is 0 Å². The molecule has 0 aliphatic heterocycles. The van der Waals surface area contributed by atoms with Gasteiger partial charge in [-0.05, 0) is 24.3 Å². The highest BCUT2D eigenvalue weighted by Gasteiger charge is 2.03. The maximum atomic E-state index is 10.5. The van der Waals surface area contributed by atoms with Gasteiger partial charge in [-0.3, -0.25) is 4.79 Å². The fraction of sp³-hybridized carbons (Fsp3) is 0.100. The molecule has 0 aliphatic rings. The minimum absolute atomic E-state index is 0.0204. The second-order valence-electron chi connectivity index (χ2n) is 3.16. The second kappa shape index (κ2) is 3.06. The number of fused-ring (bicyclic) bond motifs is 1. The van der Waals surface area contributed by atoms with Crippen molar-refractivity contribution in [2.24, 2.45) is 0 Å². The molecule has 1 aromatic carbocycles. The average molecular weight is 190 g/mol. The SMILES string of the molecule is Nc1ccc2c(ccn2CC(=O)O)c1. The Morgan fingerprint density at radius 1 is 1.43 bits per heavy atom. The third-order valence-corrected chi connectivity index (χ3v) is 2.10. The summed E-state index contributed by atoms with van der Waals surface area (Å²) < 4.78 is 1.68. The summed E-state index contributed by atoms with van der Waals surface area (Å²) in [4.78, 5) is 10.5. The summed E-state index contributed by atoms with van der Waals surface area (Å²) >= 11 is 0. The van der Waals surface area contributed by atoms with Crippen molar-refractivity contribution in [3.8, 4) is 0 Å². The van der Waals surface area contributed by atoms with Gasteiger partial charge >= 0.3 is 5.97 Å². The number of nitrogen functional groups attached to an aromatic ring is 1. The molecular formula is C10H10N2O2. The number of carbonyl (C=O) groups is 1. The fourth-order valence-corrected chi connectivity index (χ4v) is 1.50. The van der Waals surface area contributed by atoms with Crippen LogP contribution in [-0.4, -0.2) is 15.6 Å². The maximum Gasteiger partial charge on any atom is 0.323 e. The summed E-state index contributed by atoms with van der Waals surface area (Å²) in [5, 5.41) is 9.62. The lowest BCUT2D eigenvalue weighted by atomic mass is 10.2. The minimum atomic E-state index is -0.848. The zero-order chi connectivity index (χ0) is 10.1. The van der Waals surface area contributed by atoms with Gasteiger partial charge in [0, 0.05) is 22.8 Å². The van der Waals surface area contributed by atoms with E-state index in [4.69, 9.17) is 10.8 Å². The predicted molar refractivity (Wildman–Crippen MR) is 54.0 cm³/mol. The molecular weight excluding hydrogens is 180 g/mol. The van der Waals surface area contributed by atoms with E-state index in [0.717, 1.165) is 10.9 Å². The summed E-state index contributed by atoms with van der Waals surface area (Å²) in [6.45, 7) is -0.0204. The van der Waals surface area contributed by atoms with E-state index in [-0.39, 0.29) is 6.54 Å². The monoisotopic (exact) mass is 190 g/mol. The number of hydrogen-bond donors (Lipinski definition) is 2. The third kappa shape index (κ3) is 1.42. The summed E-state index contributed by atoms with van der Waals surface area (Å²) in [5.74, 6) is -0.848. The summed E-state index contributed by atoms with van der Waals surface area (Å²) in [7, 11) is 0. The number of nitrogens with two attached hydrogens (primary N) is 1. The number of carboxylic acid groups (broad SMARTS) is 1. The number of aliphatic carboxylic acids is 1. The maximum absolute atomic E-state index is 10.5. The predicted octanol–water partition coefficient (Wildman–Crippen LogP) is 1.31. The number of anilines is 1. The molecule has 1 heterocycles. The standard InChI is InChI=1S/C10H10N2O2/c11-8-1-2-9-7(5-8)3-4-12(9)6-10(13)14/h1-5H,6,11H2,(H,13,14). The topological polar surface area (TPSA) is 68.2 Å². The quantitative estimate of drug-likeness (QED) is 0.701. The average Bonchev–Trinajstić information content (AvgIpc) is 2.47. The van der Waals surface area contributed by atoms with E-state index >= 15 is 0 Å². The summed E-state index contributed by atoms with van der Waals surface area (Å²) in [6.07, 6.45) is 1.75. The first-order chi connectivity index (χ1) is 6.66. The molecule has 0 amide bonds. The summed E-state index contributed by atoms with van der Waals surface area (Å²) in [5.41, 5.74) is 7.18. The molecule has 0 unspecified atom stereocenters. The molecule has 0 bridgehead atoms. The number of hydrogen-bond acceptors (Lipinski definition) is 2. The van der Waals surface area contributed by atoms with Gasteiger partial charge < -0.3 is 15.4 Å². The van der Waals surface area contributed by atoms with Crippen LogP contribution in [0.25, 0.3) is 10.9 Å². The number of carboxylic acids is 1. The molecule has 0 spiro atoms. The lowest BCUT2D eigenvalue weighted by Gasteiger charge is -2.01. The van der Waals surface area contributed by atoms with Crippen molar-refractivity contribution in [1.82, 2.24) is 4.57 Å². The molecule has 4 heteroatoms. The van der Waals surface area contributed by atoms with Crippen LogP contribution in [0.5, 0.6) is 0 Å². The van der Waals surface area contributed by atoms with Crippen molar-refractivity contribution in [3.05, 3.63) is 30.5 Å². The first-order valence-electron chi connectivity index (χ1n) is 4.23. The van der Waals surface area contributed by atoms with Crippen LogP contribution in [-0.2, 0) is 11.3 Å². The Labute approximate surface area is 80.6 Å². The molecule has 1 aromatic heterocycles. The molecule has 4 nitrogen and oxygen atoms in total. The van der Waals surface area contributed by atoms with Crippen molar-refractivity contribution < 1.29 is 9.90 Å². The molecule has 2 rings (SSSR count). The smallest absolute Gasteiger partial charge is 0.323 e. The van der Waals surface area contributed by atoms with Gasteiger partial charge in [0.2, 0.25) is 0 Å². The fourth-order valence-electron chi connectivity index (χ4n) is 1.50. The molecule has 0 saturated heterocycles. The molecule has 3 N–H and O–H groups in total. The zero-order valence-corrected chi connectivity index (χ0v) is 7.47. The number of rotatable bonds is 2. The lowest BCUT2D eigenvalue weighted by Crippen LogP contribution is -2.07. The summed E-state index contributed by atoms with van der Waals surface area (Å²) in [6, 6.07) is 7.27. The molecule has 0 radical (unpaired) electrons. The van der Waals surface area contributed by atoms with Crippen LogP contribution in [0, 0.1) is 0 Å². The minimum Gasteiger partial charge on any atom is -0.480 e. The van der Waals surface area contributed by atoms with Crippen LogP contribution < -0.4 is 5.73 Å². The van der Waals surface area contributed by atoms with E-state index in [1.54, 1.807) is 16.8 Å². The highest BCUT2D eigenvalue weighted by Crippen LogP contribution is 2.18. The zero-order valence-electron chi connectivity index (χ0n) is 7.47. The van der Waals surface area contributed by atoms with E-state index in [0.29, 0.717) is 5.69 Å². The third-order valence-electron chi connectivity index (χ3n) is 2.10. The van der Waals surface area contributed by atoms with Gasteiger partial charge in [0.05, 0.1) is 0 Å². The van der Waals surface area contributed by atoms with E-state index in [2.05, 4.69) is 0 Å². The Morgan fingerprint density at radius 3 is 2.93 bits per heavy atom. The Balaban J connectivity index is 2.52. The van der Waals surface area contributed by atoms with E-state index in [9.17, 15) is 4.79 Å². The number of nitrogens with zero attached hydrogens (tertiary/aromatic N) is 1. The normalized spacial score (nSPS) is 10.6. The largest absolute Gasteiger partial charge is 0.480 e. The van der Waals surface area contributed by atoms with Gasteiger partial charge in [-0.1, -0.05) is 0 Å². The van der Waals surface area contributed by atoms with Crippen molar-refractivity contribution in [1.29, 1.82) is 0 Å². The molecule has 2 aromatic rings. The van der Waals surface area contributed by atoms with Crippen LogP contribution in [0.3, 0.4) is 0 Å².